The Hall–Kier alpha value is 0.240. The molecule has 2 rings (SSSR count). The second-order valence-electron chi connectivity index (χ2n) is 3.00. The molecule has 1 aromatic heterocycles. The number of thiophene rings is 1. The fourth-order valence-electron chi connectivity index (χ4n) is 1.04. The number of halogens is 2. The van der Waals surface area contributed by atoms with Crippen LogP contribution in [0, 0.1) is 0 Å². The monoisotopic (exact) mass is 221 g/mol. The molecule has 0 unspecified atom stereocenters. The van der Waals surface area contributed by atoms with E-state index >= 15 is 0 Å². The summed E-state index contributed by atoms with van der Waals surface area (Å²) in [6, 6.07) is 2.66. The molecule has 0 aromatic carbocycles. The van der Waals surface area contributed by atoms with E-state index < -0.39 is 0 Å². The van der Waals surface area contributed by atoms with Gasteiger partial charge in [0.05, 0.1) is 8.67 Å². The number of nitrogens with one attached hydrogen (secondary N) is 1. The summed E-state index contributed by atoms with van der Waals surface area (Å²) in [5.74, 6) is 0. The molecule has 0 amide bonds. The maximum Gasteiger partial charge on any atom is 0.0989 e. The molecule has 66 valence electrons. The van der Waals surface area contributed by atoms with Crippen molar-refractivity contribution < 1.29 is 0 Å². The zero-order valence-electron chi connectivity index (χ0n) is 6.44. The van der Waals surface area contributed by atoms with Gasteiger partial charge in [-0.2, -0.15) is 0 Å². The molecule has 1 saturated carbocycles. The van der Waals surface area contributed by atoms with Crippen LogP contribution < -0.4 is 5.32 Å². The maximum absolute atomic E-state index is 5.94. The number of hydrogen-bond acceptors (Lipinski definition) is 2. The predicted molar refractivity (Wildman–Crippen MR) is 54.2 cm³/mol. The molecule has 0 aliphatic heterocycles. The molecule has 0 spiro atoms. The lowest BCUT2D eigenvalue weighted by atomic mass is 10.3. The van der Waals surface area contributed by atoms with Crippen LogP contribution in [0.2, 0.25) is 8.67 Å². The van der Waals surface area contributed by atoms with E-state index in [2.05, 4.69) is 5.32 Å². The van der Waals surface area contributed by atoms with Crippen LogP contribution in [-0.2, 0) is 6.54 Å². The summed E-state index contributed by atoms with van der Waals surface area (Å²) in [6.07, 6.45) is 2.60. The van der Waals surface area contributed by atoms with E-state index in [1.807, 2.05) is 6.07 Å². The standard InChI is InChI=1S/C8H9Cl2NS/c9-7-3-5(8(10)12-7)4-11-6-1-2-6/h3,6,11H,1-2,4H2. The highest BCUT2D eigenvalue weighted by atomic mass is 35.5. The normalized spacial score (nSPS) is 16.8. The minimum Gasteiger partial charge on any atom is -0.310 e. The van der Waals surface area contributed by atoms with E-state index in [4.69, 9.17) is 23.2 Å². The summed E-state index contributed by atoms with van der Waals surface area (Å²) in [6.45, 7) is 0.854. The fourth-order valence-corrected chi connectivity index (χ4v) is 2.52. The number of rotatable bonds is 3. The van der Waals surface area contributed by atoms with Crippen LogP contribution in [0.15, 0.2) is 6.07 Å². The van der Waals surface area contributed by atoms with Gasteiger partial charge < -0.3 is 5.32 Å². The molecule has 1 aromatic rings. The van der Waals surface area contributed by atoms with Crippen molar-refractivity contribution in [3.63, 3.8) is 0 Å². The SMILES string of the molecule is Clc1cc(CNC2CC2)c(Cl)s1. The summed E-state index contributed by atoms with van der Waals surface area (Å²) in [4.78, 5) is 0. The van der Waals surface area contributed by atoms with Crippen molar-refractivity contribution in [1.29, 1.82) is 0 Å². The fraction of sp³-hybridized carbons (Fsp3) is 0.500. The van der Waals surface area contributed by atoms with Crippen molar-refractivity contribution in [2.75, 3.05) is 0 Å². The lowest BCUT2D eigenvalue weighted by Crippen LogP contribution is -2.14. The minimum absolute atomic E-state index is 0.722. The van der Waals surface area contributed by atoms with Crippen LogP contribution in [0.4, 0.5) is 0 Å². The van der Waals surface area contributed by atoms with Gasteiger partial charge in [0.2, 0.25) is 0 Å². The van der Waals surface area contributed by atoms with Crippen LogP contribution in [0.25, 0.3) is 0 Å². The molecule has 0 radical (unpaired) electrons. The van der Waals surface area contributed by atoms with Gasteiger partial charge in [-0.15, -0.1) is 11.3 Å². The molecule has 0 saturated heterocycles. The highest BCUT2D eigenvalue weighted by Crippen LogP contribution is 2.31. The van der Waals surface area contributed by atoms with Crippen molar-refractivity contribution in [3.8, 4) is 0 Å². The molecule has 1 aliphatic carbocycles. The summed E-state index contributed by atoms with van der Waals surface area (Å²) in [5, 5.41) is 3.39. The van der Waals surface area contributed by atoms with Crippen molar-refractivity contribution >= 4 is 34.5 Å². The number of hydrogen-bond donors (Lipinski definition) is 1. The lowest BCUT2D eigenvalue weighted by Gasteiger charge is -1.99. The van der Waals surface area contributed by atoms with Crippen molar-refractivity contribution in [3.05, 3.63) is 20.3 Å². The van der Waals surface area contributed by atoms with Crippen LogP contribution in [0.3, 0.4) is 0 Å². The van der Waals surface area contributed by atoms with Gasteiger partial charge in [0.1, 0.15) is 0 Å². The van der Waals surface area contributed by atoms with E-state index in [0.29, 0.717) is 0 Å². The molecular weight excluding hydrogens is 213 g/mol. The Morgan fingerprint density at radius 1 is 1.50 bits per heavy atom. The Bertz CT molecular complexity index is 281. The van der Waals surface area contributed by atoms with Gasteiger partial charge in [0, 0.05) is 12.6 Å². The Morgan fingerprint density at radius 3 is 2.75 bits per heavy atom. The molecule has 1 heterocycles. The van der Waals surface area contributed by atoms with E-state index in [1.54, 1.807) is 0 Å². The molecule has 1 nitrogen and oxygen atoms in total. The van der Waals surface area contributed by atoms with E-state index in [9.17, 15) is 0 Å². The van der Waals surface area contributed by atoms with Gasteiger partial charge in [-0.25, -0.2) is 0 Å². The Balaban J connectivity index is 1.96. The summed E-state index contributed by atoms with van der Waals surface area (Å²) in [5.41, 5.74) is 1.12. The van der Waals surface area contributed by atoms with E-state index in [-0.39, 0.29) is 0 Å². The first-order valence-electron chi connectivity index (χ1n) is 3.93. The zero-order valence-corrected chi connectivity index (χ0v) is 8.77. The minimum atomic E-state index is 0.722. The van der Waals surface area contributed by atoms with Gasteiger partial charge in [0.25, 0.3) is 0 Å². The van der Waals surface area contributed by atoms with E-state index in [0.717, 1.165) is 26.8 Å². The molecule has 0 atom stereocenters. The largest absolute Gasteiger partial charge is 0.310 e. The first-order chi connectivity index (χ1) is 5.75. The third-order valence-electron chi connectivity index (χ3n) is 1.89. The molecule has 1 aliphatic rings. The average molecular weight is 222 g/mol. The van der Waals surface area contributed by atoms with E-state index in [1.165, 1.54) is 24.2 Å². The topological polar surface area (TPSA) is 12.0 Å². The molecule has 1 N–H and O–H groups in total. The van der Waals surface area contributed by atoms with Gasteiger partial charge in [0.15, 0.2) is 0 Å². The van der Waals surface area contributed by atoms with Gasteiger partial charge in [-0.1, -0.05) is 23.2 Å². The second-order valence-corrected chi connectivity index (χ2v) is 5.29. The second kappa shape index (κ2) is 3.54. The molecular formula is C8H9Cl2NS. The smallest absolute Gasteiger partial charge is 0.0989 e. The van der Waals surface area contributed by atoms with Crippen LogP contribution >= 0.6 is 34.5 Å². The molecule has 4 heteroatoms. The predicted octanol–water partition coefficient (Wildman–Crippen LogP) is 3.31. The van der Waals surface area contributed by atoms with Crippen LogP contribution in [-0.4, -0.2) is 6.04 Å². The van der Waals surface area contributed by atoms with Crippen LogP contribution in [0.5, 0.6) is 0 Å². The summed E-state index contributed by atoms with van der Waals surface area (Å²) < 4.78 is 1.58. The molecule has 12 heavy (non-hydrogen) atoms. The first-order valence-corrected chi connectivity index (χ1v) is 5.50. The zero-order chi connectivity index (χ0) is 8.55. The highest BCUT2D eigenvalue weighted by molar-refractivity contribution is 7.20. The summed E-state index contributed by atoms with van der Waals surface area (Å²) >= 11 is 13.2. The Labute approximate surface area is 85.7 Å². The first kappa shape index (κ1) is 8.82. The quantitative estimate of drug-likeness (QED) is 0.827. The maximum atomic E-state index is 5.94. The molecule has 0 bridgehead atoms. The lowest BCUT2D eigenvalue weighted by molar-refractivity contribution is 0.689. The third kappa shape index (κ3) is 2.13. The molecule has 1 fully saturated rings. The van der Waals surface area contributed by atoms with Crippen molar-refractivity contribution in [2.24, 2.45) is 0 Å². The van der Waals surface area contributed by atoms with Gasteiger partial charge in [-0.05, 0) is 24.5 Å². The van der Waals surface area contributed by atoms with Crippen molar-refractivity contribution in [2.45, 2.75) is 25.4 Å². The Morgan fingerprint density at radius 2 is 2.25 bits per heavy atom. The highest BCUT2D eigenvalue weighted by Gasteiger charge is 2.20. The van der Waals surface area contributed by atoms with Crippen molar-refractivity contribution in [1.82, 2.24) is 5.32 Å². The Kier molecular flexibility index (Phi) is 2.60. The van der Waals surface area contributed by atoms with Gasteiger partial charge >= 0.3 is 0 Å². The van der Waals surface area contributed by atoms with Crippen LogP contribution in [0.1, 0.15) is 18.4 Å². The third-order valence-corrected chi connectivity index (χ3v) is 3.45. The summed E-state index contributed by atoms with van der Waals surface area (Å²) in [7, 11) is 0. The average Bonchev–Trinajstić information content (AvgIpc) is 2.76. The van der Waals surface area contributed by atoms with Gasteiger partial charge in [-0.3, -0.25) is 0 Å².